The van der Waals surface area contributed by atoms with Gasteiger partial charge in [-0.05, 0) is 67.4 Å². The number of nitrogens with zero attached hydrogens (tertiary/aromatic N) is 5. The second-order valence-electron chi connectivity index (χ2n) is 10.8. The van der Waals surface area contributed by atoms with E-state index >= 15 is 0 Å². The molecule has 0 aliphatic carbocycles. The maximum Gasteiger partial charge on any atom is 0.252 e. The van der Waals surface area contributed by atoms with Crippen molar-refractivity contribution in [2.24, 2.45) is 0 Å². The van der Waals surface area contributed by atoms with Gasteiger partial charge in [-0.25, -0.2) is 4.68 Å². The van der Waals surface area contributed by atoms with Gasteiger partial charge in [0.2, 0.25) is 6.79 Å². The van der Waals surface area contributed by atoms with Gasteiger partial charge in [0, 0.05) is 30.1 Å². The van der Waals surface area contributed by atoms with Crippen molar-refractivity contribution in [1.29, 1.82) is 0 Å². The fourth-order valence-electron chi connectivity index (χ4n) is 5.16. The number of pyridine rings is 1. The number of fused-ring (bicyclic) bond motifs is 3. The van der Waals surface area contributed by atoms with Crippen LogP contribution in [0.25, 0.3) is 10.9 Å². The molecule has 4 heterocycles. The van der Waals surface area contributed by atoms with Crippen LogP contribution in [0.1, 0.15) is 57.1 Å². The molecule has 2 aromatic carbocycles. The van der Waals surface area contributed by atoms with Crippen molar-refractivity contribution >= 4 is 10.9 Å². The van der Waals surface area contributed by atoms with E-state index in [1.807, 2.05) is 41.1 Å². The Labute approximate surface area is 225 Å². The van der Waals surface area contributed by atoms with Gasteiger partial charge in [-0.15, -0.1) is 5.10 Å². The average Bonchev–Trinajstić information content (AvgIpc) is 3.58. The molecule has 2 aliphatic rings. The predicted molar refractivity (Wildman–Crippen MR) is 143 cm³/mol. The average molecular weight is 533 g/mol. The molecular formula is C28H32N6O5. The van der Waals surface area contributed by atoms with Crippen LogP contribution in [0.2, 0.25) is 0 Å². The first-order chi connectivity index (χ1) is 18.8. The van der Waals surface area contributed by atoms with Crippen molar-refractivity contribution in [1.82, 2.24) is 30.1 Å². The first kappa shape index (κ1) is 25.2. The third-order valence-corrected chi connectivity index (χ3v) is 7.03. The van der Waals surface area contributed by atoms with Crippen LogP contribution in [0.4, 0.5) is 0 Å². The molecule has 0 saturated heterocycles. The second-order valence-corrected chi connectivity index (χ2v) is 10.8. The van der Waals surface area contributed by atoms with Gasteiger partial charge in [0.1, 0.15) is 13.2 Å². The van der Waals surface area contributed by atoms with E-state index in [1.54, 1.807) is 0 Å². The van der Waals surface area contributed by atoms with Crippen molar-refractivity contribution in [3.63, 3.8) is 0 Å². The number of benzene rings is 2. The predicted octanol–water partition coefficient (Wildman–Crippen LogP) is 3.92. The number of hydrogen-bond acceptors (Lipinski definition) is 9. The Balaban J connectivity index is 1.40. The van der Waals surface area contributed by atoms with E-state index < -0.39 is 0 Å². The van der Waals surface area contributed by atoms with Gasteiger partial charge < -0.3 is 23.9 Å². The highest BCUT2D eigenvalue weighted by molar-refractivity contribution is 5.83. The standard InChI is InChI=1S/C28H32N6O5/c1-5-21(26-30-31-32-34(26)28(2,3)4)33(14-17-6-7-22-23(10-17)39-16-38-22)15-19-11-18-12-24-25(37-9-8-36-24)13-20(18)29-27(19)35/h6-7,10-13,21H,5,8-9,14-16H2,1-4H3,(H,29,35)/t21-/m1/s1. The molecule has 0 spiro atoms. The molecule has 204 valence electrons. The van der Waals surface area contributed by atoms with Crippen LogP contribution in [0.3, 0.4) is 0 Å². The Kier molecular flexibility index (Phi) is 6.38. The fraction of sp³-hybridized carbons (Fsp3) is 0.429. The SMILES string of the molecule is CC[C@H](c1nnnn1C(C)(C)C)N(Cc1ccc2c(c1)OCO2)Cc1cc2cc3c(cc2[nH]c1=O)OCCO3. The normalized spacial score (nSPS) is 15.2. The number of hydrogen-bond donors (Lipinski definition) is 1. The first-order valence-electron chi connectivity index (χ1n) is 13.2. The Morgan fingerprint density at radius 2 is 1.72 bits per heavy atom. The largest absolute Gasteiger partial charge is 0.486 e. The van der Waals surface area contributed by atoms with Crippen LogP contribution >= 0.6 is 0 Å². The minimum absolute atomic E-state index is 0.153. The summed E-state index contributed by atoms with van der Waals surface area (Å²) in [6.45, 7) is 10.4. The second kappa shape index (κ2) is 9.88. The first-order valence-corrected chi connectivity index (χ1v) is 13.2. The summed E-state index contributed by atoms with van der Waals surface area (Å²) in [4.78, 5) is 18.6. The Morgan fingerprint density at radius 3 is 2.49 bits per heavy atom. The Morgan fingerprint density at radius 1 is 0.974 bits per heavy atom. The molecular weight excluding hydrogens is 500 g/mol. The molecule has 0 radical (unpaired) electrons. The molecule has 6 rings (SSSR count). The minimum atomic E-state index is -0.307. The van der Waals surface area contributed by atoms with Crippen LogP contribution in [0, 0.1) is 0 Å². The summed E-state index contributed by atoms with van der Waals surface area (Å²) >= 11 is 0. The summed E-state index contributed by atoms with van der Waals surface area (Å²) in [5, 5.41) is 13.6. The van der Waals surface area contributed by atoms with Crippen molar-refractivity contribution < 1.29 is 18.9 Å². The topological polar surface area (TPSA) is 117 Å². The van der Waals surface area contributed by atoms with E-state index in [4.69, 9.17) is 18.9 Å². The molecule has 0 saturated carbocycles. The molecule has 2 aliphatic heterocycles. The van der Waals surface area contributed by atoms with Crippen molar-refractivity contribution in [2.75, 3.05) is 20.0 Å². The van der Waals surface area contributed by atoms with Gasteiger partial charge in [-0.1, -0.05) is 13.0 Å². The molecule has 11 heteroatoms. The van der Waals surface area contributed by atoms with Crippen molar-refractivity contribution in [3.05, 3.63) is 63.7 Å². The molecule has 11 nitrogen and oxygen atoms in total. The van der Waals surface area contributed by atoms with Gasteiger partial charge in [0.15, 0.2) is 28.8 Å². The quantitative estimate of drug-likeness (QED) is 0.378. The zero-order valence-electron chi connectivity index (χ0n) is 22.6. The van der Waals surface area contributed by atoms with Crippen LogP contribution in [0.5, 0.6) is 23.0 Å². The van der Waals surface area contributed by atoms with Gasteiger partial charge in [-0.3, -0.25) is 9.69 Å². The summed E-state index contributed by atoms with van der Waals surface area (Å²) in [5.74, 6) is 3.52. The maximum atomic E-state index is 13.3. The summed E-state index contributed by atoms with van der Waals surface area (Å²) in [5.41, 5.74) is 1.91. The summed E-state index contributed by atoms with van der Waals surface area (Å²) in [6.07, 6.45) is 0.741. The number of aromatic amines is 1. The van der Waals surface area contributed by atoms with E-state index in [2.05, 4.69) is 53.1 Å². The maximum absolute atomic E-state index is 13.3. The zero-order valence-corrected chi connectivity index (χ0v) is 22.6. The van der Waals surface area contributed by atoms with Crippen molar-refractivity contribution in [3.8, 4) is 23.0 Å². The number of tetrazole rings is 1. The van der Waals surface area contributed by atoms with Crippen LogP contribution in [-0.2, 0) is 18.6 Å². The number of rotatable bonds is 7. The molecule has 0 amide bonds. The van der Waals surface area contributed by atoms with Gasteiger partial charge in [0.25, 0.3) is 5.56 Å². The smallest absolute Gasteiger partial charge is 0.252 e. The number of ether oxygens (including phenoxy) is 4. The molecule has 39 heavy (non-hydrogen) atoms. The molecule has 0 fully saturated rings. The van der Waals surface area contributed by atoms with E-state index in [-0.39, 0.29) is 23.9 Å². The van der Waals surface area contributed by atoms with Crippen molar-refractivity contribution in [2.45, 2.75) is 58.8 Å². The molecule has 0 unspecified atom stereocenters. The fourth-order valence-corrected chi connectivity index (χ4v) is 5.16. The van der Waals surface area contributed by atoms with E-state index in [9.17, 15) is 4.79 Å². The van der Waals surface area contributed by atoms with E-state index in [0.717, 1.165) is 34.7 Å². The summed E-state index contributed by atoms with van der Waals surface area (Å²) < 4.78 is 24.5. The summed E-state index contributed by atoms with van der Waals surface area (Å²) in [6, 6.07) is 11.5. The molecule has 0 bridgehead atoms. The van der Waals surface area contributed by atoms with E-state index in [0.29, 0.717) is 48.9 Å². The Bertz CT molecular complexity index is 1570. The Hall–Kier alpha value is -4.12. The highest BCUT2D eigenvalue weighted by Crippen LogP contribution is 2.36. The monoisotopic (exact) mass is 532 g/mol. The van der Waals surface area contributed by atoms with Crippen LogP contribution in [-0.4, -0.2) is 50.1 Å². The number of H-pyrrole nitrogens is 1. The lowest BCUT2D eigenvalue weighted by Gasteiger charge is -2.32. The third kappa shape index (κ3) is 4.89. The highest BCUT2D eigenvalue weighted by atomic mass is 16.7. The number of nitrogens with one attached hydrogen (secondary N) is 1. The van der Waals surface area contributed by atoms with Gasteiger partial charge in [-0.2, -0.15) is 0 Å². The molecule has 4 aromatic rings. The lowest BCUT2D eigenvalue weighted by atomic mass is 10.0. The third-order valence-electron chi connectivity index (χ3n) is 7.03. The highest BCUT2D eigenvalue weighted by Gasteiger charge is 2.30. The minimum Gasteiger partial charge on any atom is -0.486 e. The van der Waals surface area contributed by atoms with Crippen LogP contribution in [0.15, 0.2) is 41.2 Å². The van der Waals surface area contributed by atoms with E-state index in [1.165, 1.54) is 0 Å². The number of aromatic nitrogens is 5. The lowest BCUT2D eigenvalue weighted by Crippen LogP contribution is -2.35. The molecule has 1 atom stereocenters. The zero-order chi connectivity index (χ0) is 27.1. The van der Waals surface area contributed by atoms with Gasteiger partial charge in [0.05, 0.1) is 17.1 Å². The summed E-state index contributed by atoms with van der Waals surface area (Å²) in [7, 11) is 0. The van der Waals surface area contributed by atoms with Gasteiger partial charge >= 0.3 is 0 Å². The molecule has 2 aromatic heterocycles. The van der Waals surface area contributed by atoms with Crippen LogP contribution < -0.4 is 24.5 Å². The molecule has 1 N–H and O–H groups in total. The lowest BCUT2D eigenvalue weighted by molar-refractivity contribution is 0.153.